The third-order valence-electron chi connectivity index (χ3n) is 4.90. The minimum Gasteiger partial charge on any atom is -0.398 e. The number of pyridine rings is 2. The highest BCUT2D eigenvalue weighted by Gasteiger charge is 2.31. The third kappa shape index (κ3) is 5.50. The maximum absolute atomic E-state index is 13.1. The van der Waals surface area contributed by atoms with Crippen molar-refractivity contribution >= 4 is 21.9 Å². The molecule has 0 saturated carbocycles. The van der Waals surface area contributed by atoms with Crippen LogP contribution in [0.4, 0.5) is 18.9 Å². The molecule has 3 aromatic rings. The predicted molar refractivity (Wildman–Crippen MR) is 120 cm³/mol. The van der Waals surface area contributed by atoms with E-state index >= 15 is 0 Å². The van der Waals surface area contributed by atoms with Gasteiger partial charge in [0.1, 0.15) is 24.8 Å². The number of halogens is 3. The Bertz CT molecular complexity index is 1310. The summed E-state index contributed by atoms with van der Waals surface area (Å²) in [5, 5.41) is 11.7. The first kappa shape index (κ1) is 25.1. The lowest BCUT2D eigenvalue weighted by Crippen LogP contribution is -2.16. The van der Waals surface area contributed by atoms with Crippen LogP contribution >= 0.6 is 0 Å². The molecule has 0 atom stereocenters. The smallest absolute Gasteiger partial charge is 0.398 e. The van der Waals surface area contributed by atoms with Crippen LogP contribution in [0.15, 0.2) is 35.7 Å². The molecule has 0 bridgehead atoms. The molecule has 0 aliphatic carbocycles. The van der Waals surface area contributed by atoms with Crippen LogP contribution in [-0.2, 0) is 33.7 Å². The highest BCUT2D eigenvalue weighted by Crippen LogP contribution is 2.32. The van der Waals surface area contributed by atoms with Crippen molar-refractivity contribution in [2.45, 2.75) is 18.9 Å². The molecule has 10 nitrogen and oxygen atoms in total. The van der Waals surface area contributed by atoms with Gasteiger partial charge in [-0.25, -0.2) is 8.42 Å². The zero-order valence-electron chi connectivity index (χ0n) is 18.8. The van der Waals surface area contributed by atoms with Gasteiger partial charge in [-0.1, -0.05) is 12.1 Å². The Morgan fingerprint density at radius 1 is 1.21 bits per heavy atom. The number of rotatable bonds is 8. The minimum atomic E-state index is -4.55. The zero-order chi connectivity index (χ0) is 25.1. The fraction of sp³-hybridized carbons (Fsp3) is 0.350. The quantitative estimate of drug-likeness (QED) is 0.265. The molecule has 34 heavy (non-hydrogen) atoms. The van der Waals surface area contributed by atoms with Gasteiger partial charge in [-0.15, -0.1) is 10.2 Å². The van der Waals surface area contributed by atoms with Gasteiger partial charge in [-0.3, -0.25) is 9.97 Å². The summed E-state index contributed by atoms with van der Waals surface area (Å²) in [5.74, 6) is -0.162. The summed E-state index contributed by atoms with van der Waals surface area (Å²) in [4.78, 5) is 14.6. The summed E-state index contributed by atoms with van der Waals surface area (Å²) >= 11 is 0. The lowest BCUT2D eigenvalue weighted by Gasteiger charge is -2.16. The van der Waals surface area contributed by atoms with Crippen molar-refractivity contribution in [2.24, 2.45) is 12.2 Å². The Morgan fingerprint density at radius 3 is 2.56 bits per heavy atom. The fourth-order valence-electron chi connectivity index (χ4n) is 3.01. The Morgan fingerprint density at radius 2 is 1.91 bits per heavy atom. The van der Waals surface area contributed by atoms with Crippen molar-refractivity contribution in [3.63, 3.8) is 0 Å². The lowest BCUT2D eigenvalue weighted by atomic mass is 10.2. The average Bonchev–Trinajstić information content (AvgIpc) is 3.17. The highest BCUT2D eigenvalue weighted by molar-refractivity contribution is 7.90. The van der Waals surface area contributed by atoms with Crippen molar-refractivity contribution < 1.29 is 26.4 Å². The average molecular weight is 498 g/mol. The van der Waals surface area contributed by atoms with E-state index in [1.807, 2.05) is 0 Å². The van der Waals surface area contributed by atoms with Crippen molar-refractivity contribution in [3.8, 4) is 23.0 Å². The molecule has 182 valence electrons. The van der Waals surface area contributed by atoms with Gasteiger partial charge in [0.25, 0.3) is 0 Å². The molecule has 14 heteroatoms. The molecule has 0 aliphatic heterocycles. The number of alkyl halides is 3. The number of aromatic nitrogens is 5. The topological polar surface area (TPSA) is 115 Å². The summed E-state index contributed by atoms with van der Waals surface area (Å²) in [6, 6.07) is 3.35. The van der Waals surface area contributed by atoms with Crippen LogP contribution in [0.1, 0.15) is 18.1 Å². The van der Waals surface area contributed by atoms with E-state index in [1.165, 1.54) is 38.2 Å². The molecule has 0 aromatic carbocycles. The van der Waals surface area contributed by atoms with Gasteiger partial charge < -0.3 is 14.3 Å². The SMILES string of the molecule is CCS(=O)(=O)Cc1cc(N(C)/C=N/OC)cnc1-c1nnc(-c2cc(C(F)(F)F)ccn2)n1C. The van der Waals surface area contributed by atoms with Crippen LogP contribution in [0.3, 0.4) is 0 Å². The van der Waals surface area contributed by atoms with Gasteiger partial charge in [-0.2, -0.15) is 13.2 Å². The normalized spacial score (nSPS) is 12.3. The summed E-state index contributed by atoms with van der Waals surface area (Å²) in [5.41, 5.74) is 0.195. The summed E-state index contributed by atoms with van der Waals surface area (Å²) in [7, 11) is 1.15. The lowest BCUT2D eigenvalue weighted by molar-refractivity contribution is -0.137. The van der Waals surface area contributed by atoms with Crippen molar-refractivity contribution in [2.75, 3.05) is 24.8 Å². The van der Waals surface area contributed by atoms with E-state index in [4.69, 9.17) is 0 Å². The fourth-order valence-corrected chi connectivity index (χ4v) is 3.91. The zero-order valence-corrected chi connectivity index (χ0v) is 19.6. The van der Waals surface area contributed by atoms with Crippen molar-refractivity contribution in [1.29, 1.82) is 0 Å². The van der Waals surface area contributed by atoms with E-state index in [1.54, 1.807) is 18.0 Å². The molecule has 0 spiro atoms. The molecule has 0 amide bonds. The van der Waals surface area contributed by atoms with Crippen LogP contribution < -0.4 is 4.90 Å². The molecule has 3 rings (SSSR count). The number of nitrogens with zero attached hydrogens (tertiary/aromatic N) is 7. The molecular weight excluding hydrogens is 475 g/mol. The second-order valence-corrected chi connectivity index (χ2v) is 9.58. The molecule has 0 fully saturated rings. The van der Waals surface area contributed by atoms with E-state index < -0.39 is 21.6 Å². The first-order valence-corrected chi connectivity index (χ1v) is 11.7. The van der Waals surface area contributed by atoms with E-state index in [9.17, 15) is 21.6 Å². The molecule has 0 saturated heterocycles. The van der Waals surface area contributed by atoms with Gasteiger partial charge in [-0.05, 0) is 23.8 Å². The Hall–Kier alpha value is -3.55. The Labute approximate surface area is 194 Å². The molecule has 3 aromatic heterocycles. The van der Waals surface area contributed by atoms with Crippen LogP contribution in [0, 0.1) is 0 Å². The van der Waals surface area contributed by atoms with Crippen LogP contribution in [0.25, 0.3) is 23.0 Å². The van der Waals surface area contributed by atoms with Crippen molar-refractivity contribution in [3.05, 3.63) is 41.7 Å². The standard InChI is InChI=1S/C20H22F3N7O3S/c1-5-34(31,32)11-13-8-15(29(2)12-26-33-4)10-25-17(13)19-28-27-18(30(19)3)16-9-14(6-7-24-16)20(21,22)23/h6-10,12H,5,11H2,1-4H3/b26-12+. The predicted octanol–water partition coefficient (Wildman–Crippen LogP) is 2.92. The van der Waals surface area contributed by atoms with Gasteiger partial charge in [0.05, 0.1) is 23.2 Å². The van der Waals surface area contributed by atoms with Gasteiger partial charge >= 0.3 is 6.18 Å². The number of oxime groups is 1. The largest absolute Gasteiger partial charge is 0.416 e. The molecule has 0 radical (unpaired) electrons. The van der Waals surface area contributed by atoms with E-state index in [-0.39, 0.29) is 34.5 Å². The van der Waals surface area contributed by atoms with Gasteiger partial charge in [0.2, 0.25) is 0 Å². The number of sulfone groups is 1. The van der Waals surface area contributed by atoms with Crippen molar-refractivity contribution in [1.82, 2.24) is 24.7 Å². The number of hydrogen-bond donors (Lipinski definition) is 0. The van der Waals surface area contributed by atoms with Gasteiger partial charge in [0, 0.05) is 26.0 Å². The Kier molecular flexibility index (Phi) is 7.19. The number of hydrogen-bond acceptors (Lipinski definition) is 8. The molecule has 0 aliphatic rings. The molecule has 0 unspecified atom stereocenters. The van der Waals surface area contributed by atoms with Gasteiger partial charge in [0.15, 0.2) is 21.5 Å². The van der Waals surface area contributed by atoms with Crippen LogP contribution in [0.5, 0.6) is 0 Å². The first-order valence-electron chi connectivity index (χ1n) is 9.89. The summed E-state index contributed by atoms with van der Waals surface area (Å²) in [6.07, 6.45) is -0.642. The number of anilines is 1. The maximum Gasteiger partial charge on any atom is 0.416 e. The minimum absolute atomic E-state index is 0.0362. The first-order chi connectivity index (χ1) is 16.0. The van der Waals surface area contributed by atoms with E-state index in [0.29, 0.717) is 11.3 Å². The van der Waals surface area contributed by atoms with Crippen LogP contribution in [0.2, 0.25) is 0 Å². The second kappa shape index (κ2) is 9.75. The summed E-state index contributed by atoms with van der Waals surface area (Å²) < 4.78 is 65.6. The molecule has 3 heterocycles. The third-order valence-corrected chi connectivity index (χ3v) is 6.53. The van der Waals surface area contributed by atoms with E-state index in [2.05, 4.69) is 30.2 Å². The maximum atomic E-state index is 13.1. The van der Waals surface area contributed by atoms with Crippen LogP contribution in [-0.4, -0.2) is 59.4 Å². The Balaban J connectivity index is 2.11. The second-order valence-electron chi connectivity index (χ2n) is 7.23. The van der Waals surface area contributed by atoms with E-state index in [0.717, 1.165) is 18.3 Å². The monoisotopic (exact) mass is 497 g/mol. The molecular formula is C20H22F3N7O3S. The summed E-state index contributed by atoms with van der Waals surface area (Å²) in [6.45, 7) is 1.53. The molecule has 0 N–H and O–H groups in total. The highest BCUT2D eigenvalue weighted by atomic mass is 32.2.